The SMILES string of the molecule is OCc1ccc(OCCN2CCOCC2)cn1. The van der Waals surface area contributed by atoms with Crippen LogP contribution in [0, 0.1) is 0 Å². The van der Waals surface area contributed by atoms with Crippen LogP contribution in [0.1, 0.15) is 5.69 Å². The monoisotopic (exact) mass is 238 g/mol. The van der Waals surface area contributed by atoms with E-state index in [0.717, 1.165) is 38.6 Å². The molecule has 0 bridgehead atoms. The van der Waals surface area contributed by atoms with E-state index < -0.39 is 0 Å². The van der Waals surface area contributed by atoms with Gasteiger partial charge in [0.25, 0.3) is 0 Å². The van der Waals surface area contributed by atoms with Crippen molar-refractivity contribution in [3.05, 3.63) is 24.0 Å². The van der Waals surface area contributed by atoms with E-state index in [4.69, 9.17) is 14.6 Å². The molecule has 0 spiro atoms. The zero-order valence-corrected chi connectivity index (χ0v) is 9.84. The van der Waals surface area contributed by atoms with E-state index in [2.05, 4.69) is 9.88 Å². The van der Waals surface area contributed by atoms with Gasteiger partial charge < -0.3 is 14.6 Å². The number of aromatic nitrogens is 1. The molecule has 1 aromatic heterocycles. The minimum atomic E-state index is -0.0337. The van der Waals surface area contributed by atoms with Crippen LogP contribution in [0.2, 0.25) is 0 Å². The molecule has 0 radical (unpaired) electrons. The summed E-state index contributed by atoms with van der Waals surface area (Å²) in [5.74, 6) is 0.746. The average Bonchev–Trinajstić information content (AvgIpc) is 2.41. The molecule has 0 unspecified atom stereocenters. The van der Waals surface area contributed by atoms with Crippen LogP contribution in [0.3, 0.4) is 0 Å². The number of pyridine rings is 1. The molecule has 1 aliphatic heterocycles. The zero-order valence-electron chi connectivity index (χ0n) is 9.84. The predicted octanol–water partition coefficient (Wildman–Crippen LogP) is 0.285. The molecule has 5 nitrogen and oxygen atoms in total. The van der Waals surface area contributed by atoms with Crippen molar-refractivity contribution in [2.75, 3.05) is 39.5 Å². The summed E-state index contributed by atoms with van der Waals surface area (Å²) in [7, 11) is 0. The molecule has 0 saturated carbocycles. The van der Waals surface area contributed by atoms with Gasteiger partial charge in [-0.1, -0.05) is 0 Å². The fourth-order valence-electron chi connectivity index (χ4n) is 1.71. The second kappa shape index (κ2) is 6.54. The highest BCUT2D eigenvalue weighted by Crippen LogP contribution is 2.09. The molecule has 17 heavy (non-hydrogen) atoms. The van der Waals surface area contributed by atoms with Gasteiger partial charge in [-0.25, -0.2) is 0 Å². The van der Waals surface area contributed by atoms with Gasteiger partial charge in [0.05, 0.1) is 31.7 Å². The summed E-state index contributed by atoms with van der Waals surface area (Å²) in [6.45, 7) is 5.11. The van der Waals surface area contributed by atoms with Crippen LogP contribution in [0.25, 0.3) is 0 Å². The van der Waals surface area contributed by atoms with Crippen LogP contribution in [-0.4, -0.2) is 54.4 Å². The zero-order chi connectivity index (χ0) is 11.9. The number of hydrogen-bond acceptors (Lipinski definition) is 5. The van der Waals surface area contributed by atoms with Crippen molar-refractivity contribution in [3.8, 4) is 5.75 Å². The normalized spacial score (nSPS) is 17.0. The van der Waals surface area contributed by atoms with E-state index >= 15 is 0 Å². The van der Waals surface area contributed by atoms with Gasteiger partial charge in [0, 0.05) is 19.6 Å². The second-order valence-electron chi connectivity index (χ2n) is 3.95. The number of rotatable bonds is 5. The average molecular weight is 238 g/mol. The van der Waals surface area contributed by atoms with Gasteiger partial charge in [-0.05, 0) is 12.1 Å². The summed E-state index contributed by atoms with van der Waals surface area (Å²) in [4.78, 5) is 6.37. The fraction of sp³-hybridized carbons (Fsp3) is 0.583. The summed E-state index contributed by atoms with van der Waals surface area (Å²) < 4.78 is 10.9. The van der Waals surface area contributed by atoms with Crippen molar-refractivity contribution in [2.24, 2.45) is 0 Å². The maximum Gasteiger partial charge on any atom is 0.137 e. The Bertz CT molecular complexity index is 323. The van der Waals surface area contributed by atoms with Gasteiger partial charge >= 0.3 is 0 Å². The molecule has 1 aliphatic rings. The lowest BCUT2D eigenvalue weighted by Gasteiger charge is -2.26. The van der Waals surface area contributed by atoms with Gasteiger partial charge in [-0.2, -0.15) is 0 Å². The summed E-state index contributed by atoms with van der Waals surface area (Å²) in [6.07, 6.45) is 1.64. The molecule has 1 fully saturated rings. The highest BCUT2D eigenvalue weighted by atomic mass is 16.5. The Balaban J connectivity index is 1.69. The maximum atomic E-state index is 8.85. The third-order valence-electron chi connectivity index (χ3n) is 2.74. The molecule has 0 atom stereocenters. The molecule has 2 heterocycles. The van der Waals surface area contributed by atoms with E-state index in [0.29, 0.717) is 12.3 Å². The van der Waals surface area contributed by atoms with Gasteiger partial charge in [0.2, 0.25) is 0 Å². The highest BCUT2D eigenvalue weighted by molar-refractivity contribution is 5.19. The molecule has 1 aromatic rings. The standard InChI is InChI=1S/C12H18N2O3/c15-10-11-1-2-12(9-13-11)17-8-5-14-3-6-16-7-4-14/h1-2,9,15H,3-8,10H2. The predicted molar refractivity (Wildman–Crippen MR) is 62.9 cm³/mol. The number of ether oxygens (including phenoxy) is 2. The van der Waals surface area contributed by atoms with Crippen molar-refractivity contribution >= 4 is 0 Å². The first-order valence-corrected chi connectivity index (χ1v) is 5.87. The smallest absolute Gasteiger partial charge is 0.137 e. The molecule has 0 aliphatic carbocycles. The minimum Gasteiger partial charge on any atom is -0.491 e. The van der Waals surface area contributed by atoms with E-state index in [1.807, 2.05) is 6.07 Å². The first kappa shape index (κ1) is 12.3. The van der Waals surface area contributed by atoms with Gasteiger partial charge in [-0.3, -0.25) is 9.88 Å². The van der Waals surface area contributed by atoms with E-state index in [9.17, 15) is 0 Å². The first-order chi connectivity index (χ1) is 8.38. The quantitative estimate of drug-likeness (QED) is 0.799. The van der Waals surface area contributed by atoms with Crippen LogP contribution in [0.15, 0.2) is 18.3 Å². The van der Waals surface area contributed by atoms with E-state index in [1.54, 1.807) is 12.3 Å². The van der Waals surface area contributed by atoms with Crippen molar-refractivity contribution < 1.29 is 14.6 Å². The van der Waals surface area contributed by atoms with Crippen LogP contribution in [0.5, 0.6) is 5.75 Å². The molecule has 2 rings (SSSR count). The highest BCUT2D eigenvalue weighted by Gasteiger charge is 2.09. The third-order valence-corrected chi connectivity index (χ3v) is 2.74. The van der Waals surface area contributed by atoms with Crippen molar-refractivity contribution in [3.63, 3.8) is 0 Å². The Morgan fingerprint density at radius 2 is 2.18 bits per heavy atom. The van der Waals surface area contributed by atoms with Crippen LogP contribution in [-0.2, 0) is 11.3 Å². The molecular weight excluding hydrogens is 220 g/mol. The van der Waals surface area contributed by atoms with Crippen molar-refractivity contribution in [1.29, 1.82) is 0 Å². The first-order valence-electron chi connectivity index (χ1n) is 5.87. The van der Waals surface area contributed by atoms with Crippen molar-refractivity contribution in [2.45, 2.75) is 6.61 Å². The molecule has 5 heteroatoms. The summed E-state index contributed by atoms with van der Waals surface area (Å²) >= 11 is 0. The number of morpholine rings is 1. The molecule has 1 N–H and O–H groups in total. The summed E-state index contributed by atoms with van der Waals surface area (Å²) in [5, 5.41) is 8.85. The Morgan fingerprint density at radius 3 is 2.82 bits per heavy atom. The van der Waals surface area contributed by atoms with E-state index in [-0.39, 0.29) is 6.61 Å². The Kier molecular flexibility index (Phi) is 4.73. The largest absolute Gasteiger partial charge is 0.491 e. The van der Waals surface area contributed by atoms with E-state index in [1.165, 1.54) is 0 Å². The molecule has 0 aromatic carbocycles. The molecular formula is C12H18N2O3. The lowest BCUT2D eigenvalue weighted by atomic mass is 10.3. The van der Waals surface area contributed by atoms with Crippen molar-refractivity contribution in [1.82, 2.24) is 9.88 Å². The van der Waals surface area contributed by atoms with Gasteiger partial charge in [-0.15, -0.1) is 0 Å². The lowest BCUT2D eigenvalue weighted by Crippen LogP contribution is -2.38. The molecule has 0 amide bonds. The van der Waals surface area contributed by atoms with Crippen LogP contribution < -0.4 is 4.74 Å². The van der Waals surface area contributed by atoms with Gasteiger partial charge in [0.15, 0.2) is 0 Å². The van der Waals surface area contributed by atoms with Crippen LogP contribution in [0.4, 0.5) is 0 Å². The number of nitrogens with zero attached hydrogens (tertiary/aromatic N) is 2. The Morgan fingerprint density at radius 1 is 1.35 bits per heavy atom. The number of hydrogen-bond donors (Lipinski definition) is 1. The number of aliphatic hydroxyl groups is 1. The minimum absolute atomic E-state index is 0.0337. The Hall–Kier alpha value is -1.17. The Labute approximate surface area is 101 Å². The third kappa shape index (κ3) is 3.96. The second-order valence-corrected chi connectivity index (χ2v) is 3.95. The van der Waals surface area contributed by atoms with Crippen LogP contribution >= 0.6 is 0 Å². The lowest BCUT2D eigenvalue weighted by molar-refractivity contribution is 0.0322. The summed E-state index contributed by atoms with van der Waals surface area (Å²) in [6, 6.07) is 3.60. The summed E-state index contributed by atoms with van der Waals surface area (Å²) in [5.41, 5.74) is 0.658. The maximum absolute atomic E-state index is 8.85. The topological polar surface area (TPSA) is 54.8 Å². The molecule has 94 valence electrons. The fourth-order valence-corrected chi connectivity index (χ4v) is 1.71. The number of aliphatic hydroxyl groups excluding tert-OH is 1. The molecule has 1 saturated heterocycles. The van der Waals surface area contributed by atoms with Gasteiger partial charge in [0.1, 0.15) is 12.4 Å².